The lowest BCUT2D eigenvalue weighted by Gasteiger charge is -2.14. The maximum Gasteiger partial charge on any atom is 0.434 e. The highest BCUT2D eigenvalue weighted by molar-refractivity contribution is 6.31. The summed E-state index contributed by atoms with van der Waals surface area (Å²) in [6, 6.07) is 10.0. The molecule has 2 aromatic carbocycles. The molecule has 0 spiro atoms. The monoisotopic (exact) mass is 480 g/mol. The average molecular weight is 481 g/mol. The summed E-state index contributed by atoms with van der Waals surface area (Å²) >= 11 is 5.99. The molecule has 0 saturated heterocycles. The molecule has 7 nitrogen and oxygen atoms in total. The van der Waals surface area contributed by atoms with Gasteiger partial charge in [0.1, 0.15) is 5.75 Å². The van der Waals surface area contributed by atoms with E-state index < -0.39 is 23.3 Å². The van der Waals surface area contributed by atoms with Crippen molar-refractivity contribution in [2.45, 2.75) is 33.1 Å². The van der Waals surface area contributed by atoms with Crippen LogP contribution in [-0.2, 0) is 11.0 Å². The smallest absolute Gasteiger partial charge is 0.434 e. The molecule has 1 heterocycles. The summed E-state index contributed by atoms with van der Waals surface area (Å²) in [5.41, 5.74) is -1.42. The van der Waals surface area contributed by atoms with Crippen LogP contribution in [0.2, 0.25) is 5.02 Å². The number of halogens is 4. The van der Waals surface area contributed by atoms with Gasteiger partial charge >= 0.3 is 6.18 Å². The van der Waals surface area contributed by atoms with Gasteiger partial charge in [-0.25, -0.2) is 4.68 Å². The summed E-state index contributed by atoms with van der Waals surface area (Å²) in [5, 5.41) is 8.83. The Labute approximate surface area is 192 Å². The lowest BCUT2D eigenvalue weighted by atomic mass is 10.2. The van der Waals surface area contributed by atoms with Crippen molar-refractivity contribution in [2.75, 3.05) is 10.6 Å². The minimum absolute atomic E-state index is 0.0979. The Morgan fingerprint density at radius 3 is 2.21 bits per heavy atom. The summed E-state index contributed by atoms with van der Waals surface area (Å²) in [5.74, 6) is -0.923. The third kappa shape index (κ3) is 6.04. The highest BCUT2D eigenvalue weighted by Crippen LogP contribution is 2.34. The van der Waals surface area contributed by atoms with E-state index in [1.807, 2.05) is 13.8 Å². The van der Waals surface area contributed by atoms with Crippen LogP contribution in [0.15, 0.2) is 48.7 Å². The van der Waals surface area contributed by atoms with E-state index in [0.29, 0.717) is 10.4 Å². The molecular weight excluding hydrogens is 461 g/mol. The summed E-state index contributed by atoms with van der Waals surface area (Å²) in [7, 11) is 0. The maximum absolute atomic E-state index is 13.9. The van der Waals surface area contributed by atoms with Crippen molar-refractivity contribution in [2.24, 2.45) is 0 Å². The Morgan fingerprint density at radius 2 is 1.67 bits per heavy atom. The number of aromatic nitrogens is 2. The zero-order valence-electron chi connectivity index (χ0n) is 17.8. The molecule has 174 valence electrons. The fourth-order valence-corrected chi connectivity index (χ4v) is 3.29. The first-order valence-corrected chi connectivity index (χ1v) is 10.1. The van der Waals surface area contributed by atoms with Crippen LogP contribution in [0, 0.1) is 0 Å². The molecule has 0 radical (unpaired) electrons. The molecule has 0 saturated carbocycles. The van der Waals surface area contributed by atoms with Gasteiger partial charge in [-0.3, -0.25) is 9.59 Å². The normalized spacial score (nSPS) is 11.4. The lowest BCUT2D eigenvalue weighted by Crippen LogP contribution is -2.21. The molecule has 33 heavy (non-hydrogen) atoms. The van der Waals surface area contributed by atoms with Crippen LogP contribution >= 0.6 is 11.6 Å². The zero-order valence-corrected chi connectivity index (χ0v) is 18.6. The molecule has 0 unspecified atom stereocenters. The molecule has 2 N–H and O–H groups in total. The van der Waals surface area contributed by atoms with E-state index in [4.69, 9.17) is 16.3 Å². The fraction of sp³-hybridized carbons (Fsp3) is 0.227. The molecule has 0 aliphatic carbocycles. The van der Waals surface area contributed by atoms with Crippen LogP contribution < -0.4 is 15.4 Å². The van der Waals surface area contributed by atoms with E-state index in [2.05, 4.69) is 15.7 Å². The van der Waals surface area contributed by atoms with Crippen molar-refractivity contribution in [1.82, 2.24) is 9.78 Å². The number of carbonyl (C=O) groups excluding carboxylic acids is 2. The number of hydrogen-bond donors (Lipinski definition) is 2. The number of alkyl halides is 3. The van der Waals surface area contributed by atoms with Gasteiger partial charge in [0.15, 0.2) is 5.69 Å². The summed E-state index contributed by atoms with van der Waals surface area (Å²) in [6.07, 6.45) is -4.12. The highest BCUT2D eigenvalue weighted by Gasteiger charge is 2.40. The summed E-state index contributed by atoms with van der Waals surface area (Å²) in [4.78, 5) is 24.0. The van der Waals surface area contributed by atoms with Gasteiger partial charge in [0.2, 0.25) is 5.91 Å². The third-order valence-electron chi connectivity index (χ3n) is 4.21. The SMILES string of the molecule is CC(=O)Nc1cc(Cl)cc(NC(=O)c2cnn(-c3ccc(OC(C)C)cc3)c2C(F)(F)F)c1. The Kier molecular flexibility index (Phi) is 6.97. The number of nitrogens with one attached hydrogen (secondary N) is 2. The van der Waals surface area contributed by atoms with E-state index >= 15 is 0 Å². The van der Waals surface area contributed by atoms with Crippen LogP contribution in [0.4, 0.5) is 24.5 Å². The van der Waals surface area contributed by atoms with E-state index in [9.17, 15) is 22.8 Å². The third-order valence-corrected chi connectivity index (χ3v) is 4.43. The fourth-order valence-electron chi connectivity index (χ4n) is 3.06. The van der Waals surface area contributed by atoms with E-state index in [1.165, 1.54) is 49.4 Å². The molecule has 0 bridgehead atoms. The first-order valence-electron chi connectivity index (χ1n) is 9.76. The van der Waals surface area contributed by atoms with Crippen LogP contribution in [0.1, 0.15) is 36.8 Å². The molecule has 3 aromatic rings. The predicted molar refractivity (Wildman–Crippen MR) is 118 cm³/mol. The standard InChI is InChI=1S/C22H20ClF3N4O3/c1-12(2)33-18-6-4-17(5-7-18)30-20(22(24,25)26)19(11-27-30)21(32)29-16-9-14(23)8-15(10-16)28-13(3)31/h4-12H,1-3H3,(H,28,31)(H,29,32). The second-order valence-electron chi connectivity index (χ2n) is 7.34. The van der Waals surface area contributed by atoms with Gasteiger partial charge in [-0.05, 0) is 56.3 Å². The van der Waals surface area contributed by atoms with Crippen LogP contribution in [0.3, 0.4) is 0 Å². The van der Waals surface area contributed by atoms with Gasteiger partial charge < -0.3 is 15.4 Å². The molecule has 0 fully saturated rings. The number of nitrogens with zero attached hydrogens (tertiary/aromatic N) is 2. The van der Waals surface area contributed by atoms with Gasteiger partial charge in [-0.1, -0.05) is 11.6 Å². The number of rotatable bonds is 6. The van der Waals surface area contributed by atoms with Gasteiger partial charge in [0.05, 0.1) is 23.6 Å². The Hall–Kier alpha value is -3.53. The van der Waals surface area contributed by atoms with Crippen molar-refractivity contribution < 1.29 is 27.5 Å². The number of hydrogen-bond acceptors (Lipinski definition) is 4. The zero-order chi connectivity index (χ0) is 24.3. The molecule has 1 aromatic heterocycles. The number of carbonyl (C=O) groups is 2. The minimum Gasteiger partial charge on any atom is -0.491 e. The molecule has 2 amide bonds. The first kappa shape index (κ1) is 24.1. The van der Waals surface area contributed by atoms with Crippen molar-refractivity contribution in [3.8, 4) is 11.4 Å². The molecule has 0 atom stereocenters. The van der Waals surface area contributed by atoms with E-state index in [0.717, 1.165) is 6.20 Å². The van der Waals surface area contributed by atoms with Crippen LogP contribution in [0.25, 0.3) is 5.69 Å². The molecule has 11 heteroatoms. The van der Waals surface area contributed by atoms with Crippen molar-refractivity contribution >= 4 is 34.8 Å². The van der Waals surface area contributed by atoms with Crippen LogP contribution in [0.5, 0.6) is 5.75 Å². The molecular formula is C22H20ClF3N4O3. The maximum atomic E-state index is 13.9. The Morgan fingerprint density at radius 1 is 1.06 bits per heavy atom. The second-order valence-corrected chi connectivity index (χ2v) is 7.78. The van der Waals surface area contributed by atoms with Gasteiger partial charge in [-0.2, -0.15) is 18.3 Å². The Balaban J connectivity index is 1.94. The summed E-state index contributed by atoms with van der Waals surface area (Å²) < 4.78 is 47.9. The topological polar surface area (TPSA) is 85.3 Å². The average Bonchev–Trinajstić information content (AvgIpc) is 3.13. The number of anilines is 2. The van der Waals surface area contributed by atoms with Crippen molar-refractivity contribution in [3.63, 3.8) is 0 Å². The molecule has 0 aliphatic rings. The van der Waals surface area contributed by atoms with E-state index in [-0.39, 0.29) is 34.1 Å². The lowest BCUT2D eigenvalue weighted by molar-refractivity contribution is -0.143. The van der Waals surface area contributed by atoms with Crippen molar-refractivity contribution in [1.29, 1.82) is 0 Å². The largest absolute Gasteiger partial charge is 0.491 e. The number of amides is 2. The summed E-state index contributed by atoms with van der Waals surface area (Å²) in [6.45, 7) is 4.94. The molecule has 0 aliphatic heterocycles. The predicted octanol–water partition coefficient (Wildman–Crippen LogP) is 5.54. The Bertz CT molecular complexity index is 1170. The van der Waals surface area contributed by atoms with Gasteiger partial charge in [0.25, 0.3) is 5.91 Å². The van der Waals surface area contributed by atoms with Gasteiger partial charge in [0, 0.05) is 23.3 Å². The first-order chi connectivity index (χ1) is 15.4. The van der Waals surface area contributed by atoms with Gasteiger partial charge in [-0.15, -0.1) is 0 Å². The quantitative estimate of drug-likeness (QED) is 0.485. The van der Waals surface area contributed by atoms with Crippen molar-refractivity contribution in [3.05, 3.63) is 64.9 Å². The second kappa shape index (κ2) is 9.53. The highest BCUT2D eigenvalue weighted by atomic mass is 35.5. The van der Waals surface area contributed by atoms with Crippen LogP contribution in [-0.4, -0.2) is 27.7 Å². The number of ether oxygens (including phenoxy) is 1. The minimum atomic E-state index is -4.87. The molecule has 3 rings (SSSR count). The van der Waals surface area contributed by atoms with E-state index in [1.54, 1.807) is 0 Å². The number of benzene rings is 2.